The second-order valence-corrected chi connectivity index (χ2v) is 8.30. The number of nitrogens with zero attached hydrogens (tertiary/aromatic N) is 3. The van der Waals surface area contributed by atoms with Crippen LogP contribution in [-0.2, 0) is 24.1 Å². The molecule has 0 radical (unpaired) electrons. The molecule has 1 fully saturated rings. The maximum Gasteiger partial charge on any atom is 0.146 e. The first-order chi connectivity index (χ1) is 11.6. The molecule has 4 rings (SSSR count). The summed E-state index contributed by atoms with van der Waals surface area (Å²) in [6.07, 6.45) is 6.66. The van der Waals surface area contributed by atoms with E-state index in [0.717, 1.165) is 42.1 Å². The summed E-state index contributed by atoms with van der Waals surface area (Å²) in [5.74, 6) is 1.52. The van der Waals surface area contributed by atoms with E-state index >= 15 is 0 Å². The number of hydrogen-bond donors (Lipinski definition) is 1. The van der Waals surface area contributed by atoms with Crippen molar-refractivity contribution in [1.29, 1.82) is 0 Å². The van der Waals surface area contributed by atoms with Crippen LogP contribution in [0, 0.1) is 0 Å². The molecule has 6 heteroatoms. The van der Waals surface area contributed by atoms with Gasteiger partial charge in [0.05, 0.1) is 24.1 Å². The van der Waals surface area contributed by atoms with E-state index < -0.39 is 0 Å². The lowest BCUT2D eigenvalue weighted by Gasteiger charge is -2.34. The van der Waals surface area contributed by atoms with Gasteiger partial charge in [-0.25, -0.2) is 9.97 Å². The smallest absolute Gasteiger partial charge is 0.146 e. The molecule has 24 heavy (non-hydrogen) atoms. The molecule has 0 unspecified atom stereocenters. The summed E-state index contributed by atoms with van der Waals surface area (Å²) in [4.78, 5) is 14.4. The second kappa shape index (κ2) is 6.58. The quantitative estimate of drug-likeness (QED) is 0.846. The number of ether oxygens (including phenoxy) is 1. The van der Waals surface area contributed by atoms with E-state index in [-0.39, 0.29) is 12.2 Å². The molecule has 0 saturated carbocycles. The Labute approximate surface area is 147 Å². The fourth-order valence-electron chi connectivity index (χ4n) is 4.09. The molecule has 2 atom stereocenters. The number of rotatable bonds is 2. The van der Waals surface area contributed by atoms with Gasteiger partial charge < -0.3 is 10.5 Å². The predicted molar refractivity (Wildman–Crippen MR) is 98.4 cm³/mol. The third-order valence-electron chi connectivity index (χ3n) is 5.00. The third-order valence-corrected chi connectivity index (χ3v) is 6.18. The van der Waals surface area contributed by atoms with Crippen LogP contribution >= 0.6 is 11.3 Å². The highest BCUT2D eigenvalue weighted by atomic mass is 32.1. The summed E-state index contributed by atoms with van der Waals surface area (Å²) < 4.78 is 5.81. The molecule has 1 saturated heterocycles. The van der Waals surface area contributed by atoms with Gasteiger partial charge in [0, 0.05) is 18.0 Å². The van der Waals surface area contributed by atoms with E-state index in [1.165, 1.54) is 36.1 Å². The summed E-state index contributed by atoms with van der Waals surface area (Å²) in [6, 6.07) is 0. The highest BCUT2D eigenvalue weighted by molar-refractivity contribution is 7.19. The lowest BCUT2D eigenvalue weighted by Crippen LogP contribution is -2.45. The molecular weight excluding hydrogens is 320 g/mol. The van der Waals surface area contributed by atoms with Crippen LogP contribution in [-0.4, -0.2) is 40.2 Å². The summed E-state index contributed by atoms with van der Waals surface area (Å²) in [5, 5.41) is 1.13. The Bertz CT molecular complexity index is 734. The summed E-state index contributed by atoms with van der Waals surface area (Å²) in [7, 11) is 0. The molecule has 0 spiro atoms. The fraction of sp³-hybridized carbons (Fsp3) is 0.667. The van der Waals surface area contributed by atoms with Crippen molar-refractivity contribution in [3.63, 3.8) is 0 Å². The molecule has 2 aliphatic rings. The van der Waals surface area contributed by atoms with Crippen LogP contribution < -0.4 is 5.73 Å². The van der Waals surface area contributed by atoms with Crippen molar-refractivity contribution in [1.82, 2.24) is 14.9 Å². The summed E-state index contributed by atoms with van der Waals surface area (Å²) in [6.45, 7) is 6.84. The van der Waals surface area contributed by atoms with Crippen molar-refractivity contribution in [3.05, 3.63) is 16.3 Å². The van der Waals surface area contributed by atoms with Gasteiger partial charge in [-0.2, -0.15) is 0 Å². The van der Waals surface area contributed by atoms with Crippen molar-refractivity contribution in [3.8, 4) is 0 Å². The Morgan fingerprint density at radius 3 is 2.67 bits per heavy atom. The van der Waals surface area contributed by atoms with Crippen molar-refractivity contribution >= 4 is 27.4 Å². The number of nitrogen functional groups attached to an aromatic ring is 1. The largest absolute Gasteiger partial charge is 0.383 e. The van der Waals surface area contributed by atoms with E-state index in [2.05, 4.69) is 23.7 Å². The van der Waals surface area contributed by atoms with E-state index in [1.807, 2.05) is 11.3 Å². The number of fused-ring (bicyclic) bond motifs is 3. The summed E-state index contributed by atoms with van der Waals surface area (Å²) >= 11 is 1.83. The van der Waals surface area contributed by atoms with Crippen LogP contribution in [0.2, 0.25) is 0 Å². The minimum atomic E-state index is 0.257. The van der Waals surface area contributed by atoms with Gasteiger partial charge in [-0.3, -0.25) is 4.90 Å². The van der Waals surface area contributed by atoms with Crippen LogP contribution in [0.5, 0.6) is 0 Å². The number of nitrogens with two attached hydrogens (primary N) is 1. The molecule has 3 heterocycles. The molecular formula is C18H26N4OS. The number of hydrogen-bond acceptors (Lipinski definition) is 6. The SMILES string of the molecule is C[C@H]1CN(Cc2nc(N)c3c4c(sc3n2)CCCCC4)C[C@H](C)O1. The van der Waals surface area contributed by atoms with Gasteiger partial charge in [0.25, 0.3) is 0 Å². The zero-order valence-corrected chi connectivity index (χ0v) is 15.4. The lowest BCUT2D eigenvalue weighted by molar-refractivity contribution is -0.0710. The maximum absolute atomic E-state index is 6.35. The maximum atomic E-state index is 6.35. The summed E-state index contributed by atoms with van der Waals surface area (Å²) in [5.41, 5.74) is 7.77. The number of anilines is 1. The fourth-order valence-corrected chi connectivity index (χ4v) is 5.38. The minimum absolute atomic E-state index is 0.257. The first-order valence-electron chi connectivity index (χ1n) is 9.04. The second-order valence-electron chi connectivity index (χ2n) is 7.22. The van der Waals surface area contributed by atoms with Gasteiger partial charge in [-0.05, 0) is 45.1 Å². The normalized spacial score (nSPS) is 25.6. The Morgan fingerprint density at radius 1 is 1.12 bits per heavy atom. The molecule has 0 bridgehead atoms. The first-order valence-corrected chi connectivity index (χ1v) is 9.86. The molecule has 2 aromatic heterocycles. The van der Waals surface area contributed by atoms with Crippen LogP contribution in [0.1, 0.15) is 49.4 Å². The average molecular weight is 347 g/mol. The molecule has 130 valence electrons. The Balaban J connectivity index is 1.63. The van der Waals surface area contributed by atoms with Crippen molar-refractivity contribution < 1.29 is 4.74 Å². The Kier molecular flexibility index (Phi) is 4.45. The van der Waals surface area contributed by atoms with Gasteiger partial charge in [0.15, 0.2) is 0 Å². The molecule has 2 aromatic rings. The van der Waals surface area contributed by atoms with E-state index in [1.54, 1.807) is 0 Å². The zero-order valence-electron chi connectivity index (χ0n) is 14.5. The molecule has 1 aliphatic carbocycles. The van der Waals surface area contributed by atoms with Gasteiger partial charge in [0.2, 0.25) is 0 Å². The van der Waals surface area contributed by atoms with E-state index in [9.17, 15) is 0 Å². The molecule has 5 nitrogen and oxygen atoms in total. The van der Waals surface area contributed by atoms with Crippen LogP contribution in [0.3, 0.4) is 0 Å². The third kappa shape index (κ3) is 3.15. The predicted octanol–water partition coefficient (Wildman–Crippen LogP) is 3.15. The first kappa shape index (κ1) is 16.2. The van der Waals surface area contributed by atoms with E-state index in [4.69, 9.17) is 15.5 Å². The molecule has 1 aliphatic heterocycles. The number of morpholine rings is 1. The van der Waals surface area contributed by atoms with Crippen molar-refractivity contribution in [2.45, 2.75) is 64.7 Å². The molecule has 0 amide bonds. The molecule has 0 aromatic carbocycles. The van der Waals surface area contributed by atoms with Crippen LogP contribution in [0.4, 0.5) is 5.82 Å². The van der Waals surface area contributed by atoms with Gasteiger partial charge in [-0.15, -0.1) is 11.3 Å². The highest BCUT2D eigenvalue weighted by Crippen LogP contribution is 2.37. The van der Waals surface area contributed by atoms with Gasteiger partial charge in [-0.1, -0.05) is 6.42 Å². The minimum Gasteiger partial charge on any atom is -0.383 e. The molecule has 2 N–H and O–H groups in total. The topological polar surface area (TPSA) is 64.3 Å². The van der Waals surface area contributed by atoms with Crippen molar-refractivity contribution in [2.75, 3.05) is 18.8 Å². The van der Waals surface area contributed by atoms with Crippen molar-refractivity contribution in [2.24, 2.45) is 0 Å². The van der Waals surface area contributed by atoms with Crippen LogP contribution in [0.25, 0.3) is 10.2 Å². The number of thiophene rings is 1. The number of aryl methyl sites for hydroxylation is 2. The Hall–Kier alpha value is -1.24. The lowest BCUT2D eigenvalue weighted by atomic mass is 10.1. The van der Waals surface area contributed by atoms with Gasteiger partial charge in [0.1, 0.15) is 16.5 Å². The average Bonchev–Trinajstić information content (AvgIpc) is 2.69. The van der Waals surface area contributed by atoms with Gasteiger partial charge >= 0.3 is 0 Å². The standard InChI is InChI=1S/C18H26N4OS/c1-11-8-22(9-12(2)23-11)10-15-20-17(19)16-13-6-4-3-5-7-14(13)24-18(16)21-15/h11-12H,3-10H2,1-2H3,(H2,19,20,21)/t11-,12-/m0/s1. The van der Waals surface area contributed by atoms with E-state index in [0.29, 0.717) is 5.82 Å². The van der Waals surface area contributed by atoms with Crippen LogP contribution in [0.15, 0.2) is 0 Å². The Morgan fingerprint density at radius 2 is 1.88 bits per heavy atom. The highest BCUT2D eigenvalue weighted by Gasteiger charge is 2.24. The monoisotopic (exact) mass is 346 g/mol. The number of aromatic nitrogens is 2. The zero-order chi connectivity index (χ0) is 16.7.